The van der Waals surface area contributed by atoms with Crippen LogP contribution in [-0.4, -0.2) is 27.3 Å². The highest BCUT2D eigenvalue weighted by Crippen LogP contribution is 2.31. The lowest BCUT2D eigenvalue weighted by Crippen LogP contribution is -2.32. The third-order valence-electron chi connectivity index (χ3n) is 5.27. The minimum absolute atomic E-state index is 0.0869. The van der Waals surface area contributed by atoms with Gasteiger partial charge in [0.15, 0.2) is 0 Å². The molecule has 1 aromatic carbocycles. The average molecular weight is 321 g/mol. The number of benzene rings is 1. The van der Waals surface area contributed by atoms with Crippen molar-refractivity contribution in [2.24, 2.45) is 0 Å². The summed E-state index contributed by atoms with van der Waals surface area (Å²) in [4.78, 5) is 23.4. The molecule has 2 heterocycles. The van der Waals surface area contributed by atoms with Crippen molar-refractivity contribution in [3.05, 3.63) is 59.2 Å². The van der Waals surface area contributed by atoms with Gasteiger partial charge in [0.1, 0.15) is 0 Å². The summed E-state index contributed by atoms with van der Waals surface area (Å²) in [6.07, 6.45) is 12.6. The molecule has 2 aromatic rings. The number of rotatable bonds is 3. The summed E-state index contributed by atoms with van der Waals surface area (Å²) in [5, 5.41) is 0. The highest BCUT2D eigenvalue weighted by Gasteiger charge is 2.30. The molecule has 0 saturated carbocycles. The van der Waals surface area contributed by atoms with Crippen LogP contribution in [0.25, 0.3) is 0 Å². The van der Waals surface area contributed by atoms with E-state index in [1.807, 2.05) is 4.90 Å². The van der Waals surface area contributed by atoms with Gasteiger partial charge >= 0.3 is 0 Å². The van der Waals surface area contributed by atoms with Gasteiger partial charge < -0.3 is 4.90 Å². The molecular formula is C20H23N3O. The fourth-order valence-electron chi connectivity index (χ4n) is 4.03. The Hall–Kier alpha value is -2.23. The van der Waals surface area contributed by atoms with Crippen molar-refractivity contribution in [2.45, 2.75) is 51.0 Å². The maximum absolute atomic E-state index is 12.8. The molecule has 1 saturated heterocycles. The number of carbonyl (C=O) groups is 1. The van der Waals surface area contributed by atoms with E-state index >= 15 is 0 Å². The van der Waals surface area contributed by atoms with Crippen LogP contribution in [-0.2, 0) is 24.1 Å². The Morgan fingerprint density at radius 1 is 1.12 bits per heavy atom. The summed E-state index contributed by atoms with van der Waals surface area (Å²) < 4.78 is 0. The van der Waals surface area contributed by atoms with Crippen molar-refractivity contribution < 1.29 is 4.79 Å². The Labute approximate surface area is 142 Å². The molecule has 0 bridgehead atoms. The van der Waals surface area contributed by atoms with Gasteiger partial charge in [-0.15, -0.1) is 0 Å². The third-order valence-corrected chi connectivity index (χ3v) is 5.27. The number of likely N-dealkylation sites (tertiary alicyclic amines) is 1. The highest BCUT2D eigenvalue weighted by atomic mass is 16.2. The van der Waals surface area contributed by atoms with Gasteiger partial charge in [0, 0.05) is 18.9 Å². The molecule has 0 N–H and O–H groups in total. The monoisotopic (exact) mass is 321 g/mol. The summed E-state index contributed by atoms with van der Waals surface area (Å²) in [7, 11) is 0. The molecule has 1 amide bonds. The number of aromatic nitrogens is 2. The Balaban J connectivity index is 1.49. The van der Waals surface area contributed by atoms with Gasteiger partial charge in [0.05, 0.1) is 24.4 Å². The number of nitrogens with zero attached hydrogens (tertiary/aromatic N) is 3. The first kappa shape index (κ1) is 15.3. The zero-order valence-corrected chi connectivity index (χ0v) is 13.9. The minimum atomic E-state index is 0.0869. The van der Waals surface area contributed by atoms with E-state index in [9.17, 15) is 4.79 Å². The maximum atomic E-state index is 12.8. The summed E-state index contributed by atoms with van der Waals surface area (Å²) in [6, 6.07) is 6.69. The van der Waals surface area contributed by atoms with Gasteiger partial charge in [-0.3, -0.25) is 14.8 Å². The quantitative estimate of drug-likeness (QED) is 0.871. The summed E-state index contributed by atoms with van der Waals surface area (Å²) in [5.74, 6) is 0.207. The smallest absolute Gasteiger partial charge is 0.227 e. The standard InChI is InChI=1S/C20H23N3O/c24-20(13-15-7-8-16-4-1-2-5-17(16)12-15)23-11-3-6-19(23)18-14-21-9-10-22-18/h7-10,12,14,19H,1-6,11,13H2/t19-/m1/s1. The molecule has 1 aliphatic carbocycles. The van der Waals surface area contributed by atoms with Crippen LogP contribution in [0.3, 0.4) is 0 Å². The Kier molecular flexibility index (Phi) is 4.28. The van der Waals surface area contributed by atoms with Crippen LogP contribution in [0.15, 0.2) is 36.8 Å². The van der Waals surface area contributed by atoms with Gasteiger partial charge in [0.2, 0.25) is 5.91 Å². The van der Waals surface area contributed by atoms with Gasteiger partial charge in [-0.25, -0.2) is 0 Å². The summed E-state index contributed by atoms with van der Waals surface area (Å²) >= 11 is 0. The molecule has 0 radical (unpaired) electrons. The predicted molar refractivity (Wildman–Crippen MR) is 92.5 cm³/mol. The van der Waals surface area contributed by atoms with Crippen LogP contribution in [0.5, 0.6) is 0 Å². The van der Waals surface area contributed by atoms with Crippen LogP contribution < -0.4 is 0 Å². The zero-order valence-electron chi connectivity index (χ0n) is 13.9. The van der Waals surface area contributed by atoms with E-state index < -0.39 is 0 Å². The maximum Gasteiger partial charge on any atom is 0.227 e. The van der Waals surface area contributed by atoms with Gasteiger partial charge in [-0.1, -0.05) is 18.2 Å². The average Bonchev–Trinajstić information content (AvgIpc) is 3.12. The molecule has 4 nitrogen and oxygen atoms in total. The Morgan fingerprint density at radius 2 is 2.00 bits per heavy atom. The number of aryl methyl sites for hydroxylation is 2. The Morgan fingerprint density at radius 3 is 2.83 bits per heavy atom. The van der Waals surface area contributed by atoms with Crippen LogP contribution >= 0.6 is 0 Å². The van der Waals surface area contributed by atoms with Crippen molar-refractivity contribution >= 4 is 5.91 Å². The zero-order chi connectivity index (χ0) is 16.4. The SMILES string of the molecule is O=C(Cc1ccc2c(c1)CCCC2)N1CCC[C@@H]1c1cnccn1. The molecule has 4 heteroatoms. The second-order valence-corrected chi connectivity index (χ2v) is 6.86. The van der Waals surface area contributed by atoms with Crippen LogP contribution in [0.4, 0.5) is 0 Å². The van der Waals surface area contributed by atoms with Gasteiger partial charge in [-0.05, 0) is 55.2 Å². The molecule has 0 spiro atoms. The van der Waals surface area contributed by atoms with Crippen LogP contribution in [0.2, 0.25) is 0 Å². The van der Waals surface area contributed by atoms with Crippen molar-refractivity contribution in [1.82, 2.24) is 14.9 Å². The number of amides is 1. The summed E-state index contributed by atoms with van der Waals surface area (Å²) in [5.41, 5.74) is 4.97. The summed E-state index contributed by atoms with van der Waals surface area (Å²) in [6.45, 7) is 0.824. The lowest BCUT2D eigenvalue weighted by atomic mass is 9.90. The molecule has 2 aliphatic rings. The molecule has 1 fully saturated rings. The van der Waals surface area contributed by atoms with E-state index in [1.54, 1.807) is 18.6 Å². The Bertz CT molecular complexity index is 729. The normalized spacial score (nSPS) is 20.0. The number of hydrogen-bond acceptors (Lipinski definition) is 3. The van der Waals surface area contributed by atoms with E-state index in [0.29, 0.717) is 6.42 Å². The third kappa shape index (κ3) is 3.05. The van der Waals surface area contributed by atoms with E-state index in [-0.39, 0.29) is 11.9 Å². The van der Waals surface area contributed by atoms with Crippen molar-refractivity contribution in [1.29, 1.82) is 0 Å². The van der Waals surface area contributed by atoms with Crippen LogP contribution in [0.1, 0.15) is 54.1 Å². The van der Waals surface area contributed by atoms with Crippen molar-refractivity contribution in [2.75, 3.05) is 6.54 Å². The van der Waals surface area contributed by atoms with E-state index in [0.717, 1.165) is 37.1 Å². The second-order valence-electron chi connectivity index (χ2n) is 6.86. The fourth-order valence-corrected chi connectivity index (χ4v) is 4.03. The minimum Gasteiger partial charge on any atom is -0.334 e. The molecule has 24 heavy (non-hydrogen) atoms. The van der Waals surface area contributed by atoms with Gasteiger partial charge in [-0.2, -0.15) is 0 Å². The predicted octanol–water partition coefficient (Wildman–Crippen LogP) is 3.26. The highest BCUT2D eigenvalue weighted by molar-refractivity contribution is 5.79. The molecule has 1 aliphatic heterocycles. The molecule has 1 atom stereocenters. The molecule has 1 aromatic heterocycles. The fraction of sp³-hybridized carbons (Fsp3) is 0.450. The number of hydrogen-bond donors (Lipinski definition) is 0. The van der Waals surface area contributed by atoms with E-state index in [4.69, 9.17) is 0 Å². The molecular weight excluding hydrogens is 298 g/mol. The van der Waals surface area contributed by atoms with Crippen molar-refractivity contribution in [3.8, 4) is 0 Å². The number of carbonyl (C=O) groups excluding carboxylic acids is 1. The lowest BCUT2D eigenvalue weighted by Gasteiger charge is -2.24. The first-order chi connectivity index (χ1) is 11.8. The second kappa shape index (κ2) is 6.71. The lowest BCUT2D eigenvalue weighted by molar-refractivity contribution is -0.131. The largest absolute Gasteiger partial charge is 0.334 e. The topological polar surface area (TPSA) is 46.1 Å². The first-order valence-corrected chi connectivity index (χ1v) is 8.97. The van der Waals surface area contributed by atoms with Crippen LogP contribution in [0, 0.1) is 0 Å². The number of fused-ring (bicyclic) bond motifs is 1. The van der Waals surface area contributed by atoms with Gasteiger partial charge in [0.25, 0.3) is 0 Å². The first-order valence-electron chi connectivity index (χ1n) is 8.97. The van der Waals surface area contributed by atoms with E-state index in [2.05, 4.69) is 28.2 Å². The van der Waals surface area contributed by atoms with Crippen molar-refractivity contribution in [3.63, 3.8) is 0 Å². The molecule has 4 rings (SSSR count). The molecule has 0 unspecified atom stereocenters. The van der Waals surface area contributed by atoms with E-state index in [1.165, 1.54) is 30.4 Å². The molecule has 124 valence electrons.